The Labute approximate surface area is 196 Å². The Morgan fingerprint density at radius 2 is 1.68 bits per heavy atom. The second-order valence-corrected chi connectivity index (χ2v) is 9.40. The van der Waals surface area contributed by atoms with E-state index in [2.05, 4.69) is 14.7 Å². The van der Waals surface area contributed by atoms with E-state index in [1.54, 1.807) is 35.5 Å². The van der Waals surface area contributed by atoms with Gasteiger partial charge in [-0.3, -0.25) is 19.6 Å². The molecule has 1 aromatic heterocycles. The lowest BCUT2D eigenvalue weighted by Gasteiger charge is -2.34. The van der Waals surface area contributed by atoms with Gasteiger partial charge in [0.15, 0.2) is 0 Å². The van der Waals surface area contributed by atoms with Crippen molar-refractivity contribution in [2.24, 2.45) is 0 Å². The van der Waals surface area contributed by atoms with Crippen LogP contribution < -0.4 is 9.62 Å². The second kappa shape index (κ2) is 9.43. The Balaban J connectivity index is 1.41. The number of nitrogens with one attached hydrogen (secondary N) is 1. The van der Waals surface area contributed by atoms with Gasteiger partial charge in [-0.1, -0.05) is 6.07 Å². The van der Waals surface area contributed by atoms with Crippen molar-refractivity contribution in [1.82, 2.24) is 14.9 Å². The molecule has 0 aliphatic carbocycles. The van der Waals surface area contributed by atoms with Gasteiger partial charge in [0.25, 0.3) is 21.6 Å². The minimum absolute atomic E-state index is 0.155. The molecule has 2 heterocycles. The number of anilines is 2. The highest BCUT2D eigenvalue weighted by Crippen LogP contribution is 2.24. The average molecular weight is 483 g/mol. The van der Waals surface area contributed by atoms with Crippen molar-refractivity contribution in [3.05, 3.63) is 82.2 Å². The molecular weight excluding hydrogens is 460 g/mol. The summed E-state index contributed by atoms with van der Waals surface area (Å²) in [7, 11) is -4.04. The van der Waals surface area contributed by atoms with Crippen molar-refractivity contribution in [3.8, 4) is 0 Å². The Kier molecular flexibility index (Phi) is 6.41. The minimum Gasteiger partial charge on any atom is -0.337 e. The van der Waals surface area contributed by atoms with Crippen molar-refractivity contribution < 1.29 is 18.1 Å². The number of aromatic nitrogens is 2. The smallest absolute Gasteiger partial charge is 0.273 e. The van der Waals surface area contributed by atoms with Crippen LogP contribution in [0.5, 0.6) is 0 Å². The maximum Gasteiger partial charge on any atom is 0.273 e. The Hall–Kier alpha value is -4.06. The van der Waals surface area contributed by atoms with Gasteiger partial charge in [-0.05, 0) is 43.3 Å². The Bertz CT molecular complexity index is 1310. The summed E-state index contributed by atoms with van der Waals surface area (Å²) in [5.74, 6) is 0.474. The molecule has 1 amide bonds. The second-order valence-electron chi connectivity index (χ2n) is 7.72. The van der Waals surface area contributed by atoms with E-state index >= 15 is 0 Å². The third-order valence-corrected chi connectivity index (χ3v) is 6.85. The predicted molar refractivity (Wildman–Crippen MR) is 125 cm³/mol. The number of hydrogen-bond acceptors (Lipinski definition) is 8. The van der Waals surface area contributed by atoms with Gasteiger partial charge in [0.05, 0.1) is 9.82 Å². The van der Waals surface area contributed by atoms with Gasteiger partial charge in [-0.2, -0.15) is 0 Å². The van der Waals surface area contributed by atoms with Crippen molar-refractivity contribution >= 4 is 33.3 Å². The summed E-state index contributed by atoms with van der Waals surface area (Å²) in [6.45, 7) is 3.77. The van der Waals surface area contributed by atoms with E-state index in [1.165, 1.54) is 31.2 Å². The van der Waals surface area contributed by atoms with E-state index in [0.717, 1.165) is 6.07 Å². The van der Waals surface area contributed by atoms with Crippen LogP contribution in [0, 0.1) is 17.0 Å². The number of aryl methyl sites for hydroxylation is 1. The number of benzene rings is 2. The lowest BCUT2D eigenvalue weighted by atomic mass is 10.1. The third-order valence-electron chi connectivity index (χ3n) is 5.47. The van der Waals surface area contributed by atoms with Crippen LogP contribution in [0.4, 0.5) is 17.3 Å². The first kappa shape index (κ1) is 23.1. The number of nitrogens with zero attached hydrogens (tertiary/aromatic N) is 5. The van der Waals surface area contributed by atoms with Gasteiger partial charge in [0.1, 0.15) is 0 Å². The van der Waals surface area contributed by atoms with Crippen LogP contribution in [0.2, 0.25) is 0 Å². The zero-order chi connectivity index (χ0) is 24.3. The zero-order valence-corrected chi connectivity index (χ0v) is 19.1. The fraction of sp³-hybridized carbons (Fsp3) is 0.227. The lowest BCUT2D eigenvalue weighted by molar-refractivity contribution is -0.385. The van der Waals surface area contributed by atoms with Crippen molar-refractivity contribution in [1.29, 1.82) is 0 Å². The molecule has 2 aromatic carbocycles. The van der Waals surface area contributed by atoms with E-state index in [1.807, 2.05) is 4.90 Å². The van der Waals surface area contributed by atoms with Gasteiger partial charge in [-0.25, -0.2) is 18.4 Å². The van der Waals surface area contributed by atoms with Crippen molar-refractivity contribution in [2.75, 3.05) is 35.8 Å². The number of nitro benzene ring substituents is 1. The number of carbonyl (C=O) groups excluding carboxylic acids is 1. The van der Waals surface area contributed by atoms with Crippen LogP contribution in [-0.2, 0) is 10.0 Å². The fourth-order valence-corrected chi connectivity index (χ4v) is 4.67. The summed E-state index contributed by atoms with van der Waals surface area (Å²) in [5.41, 5.74) is 0.760. The lowest BCUT2D eigenvalue weighted by Crippen LogP contribution is -2.49. The topological polar surface area (TPSA) is 139 Å². The highest BCUT2D eigenvalue weighted by Gasteiger charge is 2.24. The zero-order valence-electron chi connectivity index (χ0n) is 18.3. The molecule has 176 valence electrons. The first-order chi connectivity index (χ1) is 16.2. The number of piperazine rings is 1. The Morgan fingerprint density at radius 1 is 1.03 bits per heavy atom. The predicted octanol–water partition coefficient (Wildman–Crippen LogP) is 2.46. The molecule has 1 aliphatic heterocycles. The van der Waals surface area contributed by atoms with Crippen LogP contribution in [0.25, 0.3) is 0 Å². The first-order valence-electron chi connectivity index (χ1n) is 10.4. The third kappa shape index (κ3) is 4.96. The van der Waals surface area contributed by atoms with E-state index < -0.39 is 14.9 Å². The average Bonchev–Trinajstić information content (AvgIpc) is 2.84. The van der Waals surface area contributed by atoms with Gasteiger partial charge < -0.3 is 9.80 Å². The molecule has 0 bridgehead atoms. The Morgan fingerprint density at radius 3 is 2.29 bits per heavy atom. The number of hydrogen-bond donors (Lipinski definition) is 1. The van der Waals surface area contributed by atoms with Crippen molar-refractivity contribution in [2.45, 2.75) is 11.8 Å². The molecule has 0 radical (unpaired) electrons. The molecule has 0 atom stereocenters. The summed E-state index contributed by atoms with van der Waals surface area (Å²) >= 11 is 0. The number of carbonyl (C=O) groups is 1. The van der Waals surface area contributed by atoms with E-state index in [-0.39, 0.29) is 22.2 Å². The van der Waals surface area contributed by atoms with Gasteiger partial charge >= 0.3 is 0 Å². The molecule has 1 saturated heterocycles. The molecule has 1 aliphatic rings. The molecule has 1 N–H and O–H groups in total. The van der Waals surface area contributed by atoms with E-state index in [4.69, 9.17) is 0 Å². The standard InChI is InChI=1S/C22H22N6O5S/c1-16-3-8-19(15-20(16)28(30)31)34(32,33)25-18-6-4-17(5-7-18)21(29)26-11-13-27(14-12-26)22-23-9-2-10-24-22/h2-10,15,25H,11-14H2,1H3. The SMILES string of the molecule is Cc1ccc(S(=O)(=O)Nc2ccc(C(=O)N3CCN(c4ncccn4)CC3)cc2)cc1[N+](=O)[O-]. The summed E-state index contributed by atoms with van der Waals surface area (Å²) in [5, 5.41) is 11.1. The number of rotatable bonds is 6. The quantitative estimate of drug-likeness (QED) is 0.418. The summed E-state index contributed by atoms with van der Waals surface area (Å²) in [4.78, 5) is 35.4. The van der Waals surface area contributed by atoms with E-state index in [0.29, 0.717) is 43.3 Å². The molecule has 1 fully saturated rings. The normalized spacial score (nSPS) is 14.0. The summed E-state index contributed by atoms with van der Waals surface area (Å²) in [6.07, 6.45) is 3.35. The number of sulfonamides is 1. The van der Waals surface area contributed by atoms with Crippen LogP contribution in [0.1, 0.15) is 15.9 Å². The number of nitro groups is 1. The largest absolute Gasteiger partial charge is 0.337 e. The monoisotopic (exact) mass is 482 g/mol. The summed E-state index contributed by atoms with van der Waals surface area (Å²) < 4.78 is 27.7. The number of amides is 1. The fourth-order valence-electron chi connectivity index (χ4n) is 3.59. The van der Waals surface area contributed by atoms with Crippen LogP contribution in [0.15, 0.2) is 65.8 Å². The van der Waals surface area contributed by atoms with Crippen molar-refractivity contribution in [3.63, 3.8) is 0 Å². The van der Waals surface area contributed by atoms with Gasteiger partial charge in [0.2, 0.25) is 5.95 Å². The molecular formula is C22H22N6O5S. The molecule has 0 saturated carbocycles. The van der Waals surface area contributed by atoms with Crippen LogP contribution >= 0.6 is 0 Å². The highest BCUT2D eigenvalue weighted by atomic mass is 32.2. The highest BCUT2D eigenvalue weighted by molar-refractivity contribution is 7.92. The molecule has 11 nitrogen and oxygen atoms in total. The molecule has 4 rings (SSSR count). The molecule has 0 spiro atoms. The van der Waals surface area contributed by atoms with E-state index in [9.17, 15) is 23.3 Å². The van der Waals surface area contributed by atoms with Gasteiger partial charge in [-0.15, -0.1) is 0 Å². The van der Waals surface area contributed by atoms with Crippen LogP contribution in [-0.4, -0.2) is 60.3 Å². The minimum atomic E-state index is -4.04. The molecule has 12 heteroatoms. The first-order valence-corrected chi connectivity index (χ1v) is 11.9. The summed E-state index contributed by atoms with van der Waals surface area (Å²) in [6, 6.07) is 11.5. The van der Waals surface area contributed by atoms with Gasteiger partial charge in [0, 0.05) is 61.5 Å². The maximum atomic E-state index is 12.9. The van der Waals surface area contributed by atoms with Crippen LogP contribution in [0.3, 0.4) is 0 Å². The molecule has 0 unspecified atom stereocenters. The molecule has 34 heavy (non-hydrogen) atoms. The molecule has 3 aromatic rings. The maximum absolute atomic E-state index is 12.9.